The normalized spacial score (nSPS) is 17.5. The minimum absolute atomic E-state index is 0.0968. The zero-order chi connectivity index (χ0) is 22.0. The van der Waals surface area contributed by atoms with Crippen LogP contribution in [0.15, 0.2) is 56.3 Å². The molecule has 2 heterocycles. The number of ether oxygens (including phenoxy) is 1. The fourth-order valence-electron chi connectivity index (χ4n) is 2.96. The quantitative estimate of drug-likeness (QED) is 0.332. The minimum Gasteiger partial charge on any atom is -0.488 e. The predicted molar refractivity (Wildman–Crippen MR) is 133 cm³/mol. The van der Waals surface area contributed by atoms with Gasteiger partial charge in [-0.05, 0) is 63.8 Å². The molecular weight excluding hydrogens is 562 g/mol. The van der Waals surface area contributed by atoms with Crippen molar-refractivity contribution in [3.63, 3.8) is 0 Å². The van der Waals surface area contributed by atoms with E-state index in [9.17, 15) is 4.79 Å². The van der Waals surface area contributed by atoms with Gasteiger partial charge in [-0.25, -0.2) is 0 Å². The summed E-state index contributed by atoms with van der Waals surface area (Å²) < 4.78 is 7.74. The Morgan fingerprint density at radius 3 is 2.61 bits per heavy atom. The molecule has 1 saturated heterocycles. The highest BCUT2D eigenvalue weighted by molar-refractivity contribution is 9.10. The van der Waals surface area contributed by atoms with Crippen LogP contribution in [0.2, 0.25) is 0 Å². The highest BCUT2D eigenvalue weighted by Crippen LogP contribution is 2.41. The van der Waals surface area contributed by atoms with Crippen molar-refractivity contribution in [3.8, 4) is 5.75 Å². The van der Waals surface area contributed by atoms with Crippen molar-refractivity contribution in [1.82, 2.24) is 10.2 Å². The molecule has 0 unspecified atom stereocenters. The molecule has 158 valence electrons. The smallest absolute Gasteiger partial charge is 0.186 e. The van der Waals surface area contributed by atoms with Crippen LogP contribution in [-0.4, -0.2) is 21.0 Å². The number of ketones is 1. The molecule has 0 spiro atoms. The molecule has 1 atom stereocenters. The van der Waals surface area contributed by atoms with Gasteiger partial charge in [-0.3, -0.25) is 10.2 Å². The zero-order valence-electron chi connectivity index (χ0n) is 16.4. The highest BCUT2D eigenvalue weighted by Gasteiger charge is 2.39. The number of benzene rings is 2. The van der Waals surface area contributed by atoms with Gasteiger partial charge in [-0.1, -0.05) is 52.8 Å². The monoisotopic (exact) mass is 577 g/mol. The number of Topliss-reactive ketones (excluding diaryl/α,β-unsaturated/α-hetero) is 1. The van der Waals surface area contributed by atoms with Gasteiger partial charge in [0.1, 0.15) is 28.3 Å². The van der Waals surface area contributed by atoms with E-state index in [1.165, 1.54) is 23.1 Å². The molecule has 1 aliphatic heterocycles. The lowest BCUT2D eigenvalue weighted by Gasteiger charge is -2.09. The molecule has 9 heteroatoms. The number of nitrogens with zero attached hydrogens (tertiary/aromatic N) is 2. The summed E-state index contributed by atoms with van der Waals surface area (Å²) in [6.45, 7) is 2.46. The van der Waals surface area contributed by atoms with Gasteiger partial charge in [0.15, 0.2) is 5.78 Å². The average molecular weight is 579 g/mol. The lowest BCUT2D eigenvalue weighted by atomic mass is 10.1. The van der Waals surface area contributed by atoms with Gasteiger partial charge in [0.25, 0.3) is 0 Å². The maximum atomic E-state index is 12.9. The first kappa shape index (κ1) is 22.4. The maximum absolute atomic E-state index is 12.9. The van der Waals surface area contributed by atoms with Crippen LogP contribution in [0.3, 0.4) is 0 Å². The fraction of sp³-hybridized carbons (Fsp3) is 0.182. The summed E-state index contributed by atoms with van der Waals surface area (Å²) >= 11 is 9.58. The molecule has 0 bridgehead atoms. The fourth-order valence-corrected chi connectivity index (χ4v) is 5.69. The molecule has 5 nitrogen and oxygen atoms in total. The Morgan fingerprint density at radius 1 is 1.16 bits per heavy atom. The third-order valence-corrected chi connectivity index (χ3v) is 7.86. The van der Waals surface area contributed by atoms with Crippen molar-refractivity contribution in [2.75, 3.05) is 0 Å². The highest BCUT2D eigenvalue weighted by atomic mass is 79.9. The van der Waals surface area contributed by atoms with Crippen LogP contribution in [0.1, 0.15) is 34.0 Å². The molecule has 31 heavy (non-hydrogen) atoms. The first-order valence-electron chi connectivity index (χ1n) is 9.46. The Hall–Kier alpha value is -1.81. The maximum Gasteiger partial charge on any atom is 0.186 e. The second-order valence-electron chi connectivity index (χ2n) is 6.76. The Labute approximate surface area is 205 Å². The Balaban J connectivity index is 1.48. The molecule has 1 fully saturated rings. The second kappa shape index (κ2) is 9.77. The van der Waals surface area contributed by atoms with E-state index in [2.05, 4.69) is 42.1 Å². The summed E-state index contributed by atoms with van der Waals surface area (Å²) in [6, 6.07) is 13.7. The zero-order valence-corrected chi connectivity index (χ0v) is 21.2. The van der Waals surface area contributed by atoms with Crippen molar-refractivity contribution >= 4 is 71.9 Å². The van der Waals surface area contributed by atoms with Crippen molar-refractivity contribution in [2.24, 2.45) is 0 Å². The third-order valence-electron chi connectivity index (χ3n) is 4.58. The molecule has 0 amide bonds. The number of aromatic nitrogens is 2. The number of rotatable bonds is 6. The number of nitrogens with one attached hydrogen (secondary N) is 1. The Bertz CT molecular complexity index is 1180. The van der Waals surface area contributed by atoms with Gasteiger partial charge in [-0.15, -0.1) is 21.5 Å². The molecule has 0 radical (unpaired) electrons. The topological polar surface area (TPSA) is 75.9 Å². The summed E-state index contributed by atoms with van der Waals surface area (Å²) in [4.78, 5) is 13.5. The van der Waals surface area contributed by atoms with E-state index in [1.807, 2.05) is 55.5 Å². The first-order chi connectivity index (χ1) is 14.9. The number of hydrogen-bond donors (Lipinski definition) is 1. The summed E-state index contributed by atoms with van der Waals surface area (Å²) in [5, 5.41) is 18.3. The van der Waals surface area contributed by atoms with E-state index >= 15 is 0 Å². The van der Waals surface area contributed by atoms with Gasteiger partial charge in [0, 0.05) is 4.47 Å². The number of carbonyl (C=O) groups excluding carboxylic acids is 1. The van der Waals surface area contributed by atoms with Gasteiger partial charge >= 0.3 is 0 Å². The van der Waals surface area contributed by atoms with Gasteiger partial charge in [0.05, 0.1) is 14.4 Å². The van der Waals surface area contributed by atoms with Crippen LogP contribution in [0.25, 0.3) is 6.08 Å². The number of carbonyl (C=O) groups is 1. The first-order valence-corrected chi connectivity index (χ1v) is 12.7. The molecule has 1 aromatic heterocycles. The van der Waals surface area contributed by atoms with E-state index in [0.29, 0.717) is 21.6 Å². The number of hydrogen-bond acceptors (Lipinski definition) is 7. The van der Waals surface area contributed by atoms with Crippen molar-refractivity contribution in [1.29, 1.82) is 5.41 Å². The molecule has 3 aromatic rings. The lowest BCUT2D eigenvalue weighted by molar-refractivity contribution is -0.114. The van der Waals surface area contributed by atoms with Crippen LogP contribution < -0.4 is 4.74 Å². The van der Waals surface area contributed by atoms with Crippen LogP contribution in [-0.2, 0) is 17.8 Å². The van der Waals surface area contributed by atoms with E-state index in [-0.39, 0.29) is 5.78 Å². The number of allylic oxidation sites excluding steroid dienone is 1. The van der Waals surface area contributed by atoms with E-state index in [4.69, 9.17) is 10.1 Å². The van der Waals surface area contributed by atoms with Crippen molar-refractivity contribution in [2.45, 2.75) is 25.9 Å². The number of aryl methyl sites for hydroxylation is 1. The Morgan fingerprint density at radius 2 is 1.94 bits per heavy atom. The van der Waals surface area contributed by atoms with Gasteiger partial charge < -0.3 is 4.74 Å². The minimum atomic E-state index is -0.633. The largest absolute Gasteiger partial charge is 0.488 e. The summed E-state index contributed by atoms with van der Waals surface area (Å²) in [7, 11) is 0. The van der Waals surface area contributed by atoms with E-state index < -0.39 is 5.92 Å². The average Bonchev–Trinajstić information content (AvgIpc) is 3.32. The van der Waals surface area contributed by atoms with Crippen molar-refractivity contribution in [3.05, 3.63) is 77.5 Å². The van der Waals surface area contributed by atoms with Gasteiger partial charge in [-0.2, -0.15) is 0 Å². The van der Waals surface area contributed by atoms with Crippen molar-refractivity contribution < 1.29 is 9.53 Å². The molecule has 4 rings (SSSR count). The van der Waals surface area contributed by atoms with E-state index in [0.717, 1.165) is 37.3 Å². The van der Waals surface area contributed by atoms with Crippen LogP contribution in [0, 0.1) is 5.41 Å². The van der Waals surface area contributed by atoms with Crippen LogP contribution >= 0.6 is 55.0 Å². The SMILES string of the molecule is CCc1nnc([C@H]2C(=N)S/C(=C\c3ccc(OCc4ccc(Br)cc4)c(Br)c3)C2=O)s1. The second-order valence-corrected chi connectivity index (χ2v) is 10.7. The predicted octanol–water partition coefficient (Wildman–Crippen LogP) is 6.62. The standard InChI is InChI=1S/C22H17Br2N3O2S2/c1-2-18-26-27-22(31-18)19-20(28)17(30-21(19)25)10-13-5-8-16(15(24)9-13)29-11-12-3-6-14(23)7-4-12/h3-10,19,25H,2,11H2,1H3/b17-10-,25-21?/t19-/m1/s1. The molecule has 1 aliphatic rings. The number of halogens is 2. The molecule has 1 N–H and O–H groups in total. The van der Waals surface area contributed by atoms with E-state index in [1.54, 1.807) is 0 Å². The molecular formula is C22H17Br2N3O2S2. The molecule has 2 aromatic carbocycles. The molecule has 0 saturated carbocycles. The molecule has 0 aliphatic carbocycles. The lowest BCUT2D eigenvalue weighted by Crippen LogP contribution is -2.11. The summed E-state index contributed by atoms with van der Waals surface area (Å²) in [5.41, 5.74) is 1.93. The van der Waals surface area contributed by atoms with Crippen LogP contribution in [0.4, 0.5) is 0 Å². The van der Waals surface area contributed by atoms with Gasteiger partial charge in [0.2, 0.25) is 0 Å². The van der Waals surface area contributed by atoms with Crippen LogP contribution in [0.5, 0.6) is 5.75 Å². The third kappa shape index (κ3) is 5.16. The number of thioether (sulfide) groups is 1. The Kier molecular flexibility index (Phi) is 7.05. The summed E-state index contributed by atoms with van der Waals surface area (Å²) in [5.74, 6) is -0.00598. The summed E-state index contributed by atoms with van der Waals surface area (Å²) in [6.07, 6.45) is 2.58.